The number of benzene rings is 1. The molecule has 0 spiro atoms. The van der Waals surface area contributed by atoms with Crippen LogP contribution in [0.1, 0.15) is 5.56 Å². The Bertz CT molecular complexity index is 443. The van der Waals surface area contributed by atoms with Crippen LogP contribution in [0.4, 0.5) is 0 Å². The molecule has 0 radical (unpaired) electrons. The van der Waals surface area contributed by atoms with E-state index in [4.69, 9.17) is 10.0 Å². The maximum absolute atomic E-state index is 9.02. The molecule has 0 saturated carbocycles. The second-order valence-corrected chi connectivity index (χ2v) is 3.34. The van der Waals surface area contributed by atoms with Gasteiger partial charge in [-0.15, -0.1) is 0 Å². The second kappa shape index (κ2) is 3.06. The first-order valence-electron chi connectivity index (χ1n) is 3.78. The predicted octanol–water partition coefficient (Wildman–Crippen LogP) is -0.320. The molecule has 0 atom stereocenters. The molecule has 0 aliphatic heterocycles. The van der Waals surface area contributed by atoms with Crippen LogP contribution in [0, 0.1) is 6.92 Å². The highest BCUT2D eigenvalue weighted by atomic mass is 32.1. The molecule has 2 N–H and O–H groups in total. The Labute approximate surface area is 79.3 Å². The molecule has 6 heteroatoms. The Balaban J connectivity index is 2.78. The van der Waals surface area contributed by atoms with Gasteiger partial charge >= 0.3 is 7.12 Å². The zero-order chi connectivity index (χ0) is 9.42. The van der Waals surface area contributed by atoms with E-state index in [1.807, 2.05) is 6.92 Å². The summed E-state index contributed by atoms with van der Waals surface area (Å²) in [4.78, 5) is 0. The summed E-state index contributed by atoms with van der Waals surface area (Å²) in [5.74, 6) is 0. The lowest BCUT2D eigenvalue weighted by Crippen LogP contribution is -2.30. The first-order valence-corrected chi connectivity index (χ1v) is 4.51. The largest absolute Gasteiger partial charge is 0.490 e. The van der Waals surface area contributed by atoms with Gasteiger partial charge in [-0.05, 0) is 12.5 Å². The lowest BCUT2D eigenvalue weighted by molar-refractivity contribution is 0.426. The van der Waals surface area contributed by atoms with Gasteiger partial charge in [-0.25, -0.2) is 0 Å². The van der Waals surface area contributed by atoms with E-state index in [0.29, 0.717) is 11.0 Å². The van der Waals surface area contributed by atoms with Crippen LogP contribution in [-0.4, -0.2) is 25.9 Å². The summed E-state index contributed by atoms with van der Waals surface area (Å²) in [5.41, 5.74) is 2.73. The van der Waals surface area contributed by atoms with E-state index in [9.17, 15) is 0 Å². The van der Waals surface area contributed by atoms with Crippen molar-refractivity contribution in [3.05, 3.63) is 17.7 Å². The van der Waals surface area contributed by atoms with Crippen molar-refractivity contribution in [3.8, 4) is 0 Å². The van der Waals surface area contributed by atoms with Crippen LogP contribution in [0.25, 0.3) is 11.0 Å². The van der Waals surface area contributed by atoms with E-state index < -0.39 is 7.12 Å². The minimum absolute atomic E-state index is 0.411. The number of rotatable bonds is 1. The highest BCUT2D eigenvalue weighted by Crippen LogP contribution is 2.13. The molecule has 4 nitrogen and oxygen atoms in total. The Morgan fingerprint density at radius 3 is 2.62 bits per heavy atom. The van der Waals surface area contributed by atoms with E-state index in [2.05, 4.69) is 8.75 Å². The summed E-state index contributed by atoms with van der Waals surface area (Å²) >= 11 is 1.08. The summed E-state index contributed by atoms with van der Waals surface area (Å²) in [6.45, 7) is 1.91. The average molecular weight is 194 g/mol. The average Bonchev–Trinajstić information content (AvgIpc) is 2.53. The van der Waals surface area contributed by atoms with Crippen molar-refractivity contribution in [2.45, 2.75) is 6.92 Å². The summed E-state index contributed by atoms with van der Waals surface area (Å²) in [6, 6.07) is 3.46. The first-order chi connectivity index (χ1) is 6.20. The summed E-state index contributed by atoms with van der Waals surface area (Å²) in [5, 5.41) is 18.0. The third-order valence-corrected chi connectivity index (χ3v) is 2.45. The molecule has 0 unspecified atom stereocenters. The SMILES string of the molecule is Cc1ccc(B(O)O)c2nsnc12. The highest BCUT2D eigenvalue weighted by molar-refractivity contribution is 7.00. The van der Waals surface area contributed by atoms with E-state index in [-0.39, 0.29) is 0 Å². The second-order valence-electron chi connectivity index (χ2n) is 2.81. The van der Waals surface area contributed by atoms with Gasteiger partial charge in [0.2, 0.25) is 0 Å². The first kappa shape index (κ1) is 8.62. The fourth-order valence-corrected chi connectivity index (χ4v) is 1.84. The minimum Gasteiger partial charge on any atom is -0.423 e. The molecule has 2 aromatic rings. The highest BCUT2D eigenvalue weighted by Gasteiger charge is 2.17. The fourth-order valence-electron chi connectivity index (χ4n) is 1.22. The standard InChI is InChI=1S/C7H7BN2O2S/c1-4-2-3-5(8(11)12)7-6(4)9-13-10-7/h2-3,11-12H,1H3. The molecule has 0 aliphatic rings. The Kier molecular flexibility index (Phi) is 2.03. The molecule has 1 heterocycles. The van der Waals surface area contributed by atoms with E-state index in [0.717, 1.165) is 22.8 Å². The predicted molar refractivity (Wildman–Crippen MR) is 52.0 cm³/mol. The van der Waals surface area contributed by atoms with Gasteiger partial charge in [0.05, 0.1) is 11.7 Å². The lowest BCUT2D eigenvalue weighted by atomic mass is 9.79. The summed E-state index contributed by atoms with van der Waals surface area (Å²) in [6.07, 6.45) is 0. The molecule has 0 aliphatic carbocycles. The summed E-state index contributed by atoms with van der Waals surface area (Å²) < 4.78 is 8.08. The van der Waals surface area contributed by atoms with E-state index in [1.54, 1.807) is 12.1 Å². The van der Waals surface area contributed by atoms with Gasteiger partial charge in [-0.2, -0.15) is 8.75 Å². The van der Waals surface area contributed by atoms with Gasteiger partial charge in [0.25, 0.3) is 0 Å². The quantitative estimate of drug-likeness (QED) is 0.610. The molecule has 66 valence electrons. The van der Waals surface area contributed by atoms with Gasteiger partial charge in [0.1, 0.15) is 11.0 Å². The maximum atomic E-state index is 9.02. The van der Waals surface area contributed by atoms with Gasteiger partial charge in [-0.1, -0.05) is 12.1 Å². The molecule has 0 saturated heterocycles. The number of hydrogen-bond acceptors (Lipinski definition) is 5. The van der Waals surface area contributed by atoms with E-state index in [1.165, 1.54) is 0 Å². The van der Waals surface area contributed by atoms with Crippen molar-refractivity contribution in [2.24, 2.45) is 0 Å². The zero-order valence-corrected chi connectivity index (χ0v) is 7.75. The molecule has 2 rings (SSSR count). The van der Waals surface area contributed by atoms with Gasteiger partial charge in [0.15, 0.2) is 0 Å². The smallest absolute Gasteiger partial charge is 0.423 e. The maximum Gasteiger partial charge on any atom is 0.490 e. The van der Waals surface area contributed by atoms with Crippen LogP contribution in [-0.2, 0) is 0 Å². The third-order valence-electron chi connectivity index (χ3n) is 1.93. The van der Waals surface area contributed by atoms with Gasteiger partial charge in [0, 0.05) is 5.46 Å². The molecule has 0 bridgehead atoms. The van der Waals surface area contributed by atoms with Crippen LogP contribution >= 0.6 is 11.7 Å². The van der Waals surface area contributed by atoms with Crippen LogP contribution in [0.5, 0.6) is 0 Å². The molecule has 1 aromatic carbocycles. The normalized spacial score (nSPS) is 10.7. The van der Waals surface area contributed by atoms with Gasteiger partial charge < -0.3 is 10.0 Å². The van der Waals surface area contributed by atoms with Crippen LogP contribution in [0.2, 0.25) is 0 Å². The van der Waals surface area contributed by atoms with Crippen molar-refractivity contribution in [3.63, 3.8) is 0 Å². The van der Waals surface area contributed by atoms with Gasteiger partial charge in [-0.3, -0.25) is 0 Å². The number of aromatic nitrogens is 2. The molecule has 0 fully saturated rings. The Morgan fingerprint density at radius 1 is 1.23 bits per heavy atom. The molecule has 1 aromatic heterocycles. The van der Waals surface area contributed by atoms with Crippen molar-refractivity contribution in [1.82, 2.24) is 8.75 Å². The van der Waals surface area contributed by atoms with Crippen molar-refractivity contribution in [1.29, 1.82) is 0 Å². The van der Waals surface area contributed by atoms with Crippen molar-refractivity contribution < 1.29 is 10.0 Å². The van der Waals surface area contributed by atoms with Crippen molar-refractivity contribution in [2.75, 3.05) is 0 Å². The van der Waals surface area contributed by atoms with Crippen LogP contribution in [0.3, 0.4) is 0 Å². The summed E-state index contributed by atoms with van der Waals surface area (Å²) in [7, 11) is -1.48. The monoisotopic (exact) mass is 194 g/mol. The molecule has 0 amide bonds. The van der Waals surface area contributed by atoms with Crippen molar-refractivity contribution >= 4 is 35.3 Å². The number of aryl methyl sites for hydroxylation is 1. The Morgan fingerprint density at radius 2 is 1.92 bits per heavy atom. The van der Waals surface area contributed by atoms with Crippen LogP contribution in [0.15, 0.2) is 12.1 Å². The Hall–Kier alpha value is -0.975. The molecule has 13 heavy (non-hydrogen) atoms. The zero-order valence-electron chi connectivity index (χ0n) is 6.93. The number of fused-ring (bicyclic) bond motifs is 1. The third kappa shape index (κ3) is 1.33. The minimum atomic E-state index is -1.48. The fraction of sp³-hybridized carbons (Fsp3) is 0.143. The lowest BCUT2D eigenvalue weighted by Gasteiger charge is -2.00. The molecular formula is C7H7BN2O2S. The number of hydrogen-bond donors (Lipinski definition) is 2. The van der Waals surface area contributed by atoms with E-state index >= 15 is 0 Å². The van der Waals surface area contributed by atoms with Crippen LogP contribution < -0.4 is 5.46 Å². The molecular weight excluding hydrogens is 187 g/mol. The topological polar surface area (TPSA) is 66.2 Å². The number of nitrogens with zero attached hydrogens (tertiary/aromatic N) is 2.